The van der Waals surface area contributed by atoms with Gasteiger partial charge in [-0.1, -0.05) is 47.6 Å². The fraction of sp³-hybridized carbons (Fsp3) is 0.381. The van der Waals surface area contributed by atoms with Crippen molar-refractivity contribution in [3.63, 3.8) is 0 Å². The van der Waals surface area contributed by atoms with Crippen molar-refractivity contribution < 1.29 is 14.6 Å². The van der Waals surface area contributed by atoms with E-state index in [1.807, 2.05) is 12.1 Å². The van der Waals surface area contributed by atoms with Crippen LogP contribution in [0.4, 0.5) is 17.1 Å². The smallest absolute Gasteiger partial charge is 0.277 e. The number of benzene rings is 2. The number of nitrogens with one attached hydrogen (secondary N) is 1. The molecule has 1 N–H and O–H groups in total. The summed E-state index contributed by atoms with van der Waals surface area (Å²) in [5.74, 6) is -0.650. The molecular formula is C21H25N3O5. The molecule has 0 radical (unpaired) electrons. The monoisotopic (exact) mass is 399 g/mol. The number of carbonyl (C=O) groups excluding carboxylic acids is 1. The zero-order chi connectivity index (χ0) is 22.1. The zero-order valence-electron chi connectivity index (χ0n) is 17.4. The standard InChI is InChI=1S/C21H25N3O5/c1-20(2,3)14-9-15(21(4,5)6)11-16(10-14)22-19(25)13-7-17(23(26)27)12-18(8-13)24(28)29/h7-12H,1-6H3,(H,22,25). The Bertz CT molecular complexity index is 920. The van der Waals surface area contributed by atoms with Crippen LogP contribution < -0.4 is 5.32 Å². The summed E-state index contributed by atoms with van der Waals surface area (Å²) in [4.78, 5) is 33.3. The molecule has 0 spiro atoms. The van der Waals surface area contributed by atoms with Crippen molar-refractivity contribution in [2.24, 2.45) is 0 Å². The Kier molecular flexibility index (Phi) is 5.78. The number of nitro groups is 2. The maximum absolute atomic E-state index is 12.7. The second-order valence-corrected chi connectivity index (χ2v) is 9.01. The Morgan fingerprint density at radius 2 is 1.17 bits per heavy atom. The Morgan fingerprint density at radius 3 is 1.52 bits per heavy atom. The van der Waals surface area contributed by atoms with Gasteiger partial charge in [-0.25, -0.2) is 0 Å². The van der Waals surface area contributed by atoms with Gasteiger partial charge in [0.2, 0.25) is 0 Å². The fourth-order valence-corrected chi connectivity index (χ4v) is 2.71. The van der Waals surface area contributed by atoms with Crippen molar-refractivity contribution in [1.29, 1.82) is 0 Å². The van der Waals surface area contributed by atoms with Gasteiger partial charge < -0.3 is 5.32 Å². The Morgan fingerprint density at radius 1 is 0.759 bits per heavy atom. The van der Waals surface area contributed by atoms with Crippen LogP contribution in [0.3, 0.4) is 0 Å². The summed E-state index contributed by atoms with van der Waals surface area (Å²) in [6.45, 7) is 12.4. The molecule has 154 valence electrons. The lowest BCUT2D eigenvalue weighted by atomic mass is 9.80. The maximum Gasteiger partial charge on any atom is 0.277 e. The van der Waals surface area contributed by atoms with E-state index >= 15 is 0 Å². The molecule has 8 nitrogen and oxygen atoms in total. The number of non-ortho nitro benzene ring substituents is 2. The molecule has 8 heteroatoms. The lowest BCUT2D eigenvalue weighted by molar-refractivity contribution is -0.394. The summed E-state index contributed by atoms with van der Waals surface area (Å²) in [6, 6.07) is 8.67. The van der Waals surface area contributed by atoms with E-state index in [2.05, 4.69) is 52.9 Å². The molecule has 0 aromatic heterocycles. The van der Waals surface area contributed by atoms with Gasteiger partial charge in [-0.2, -0.15) is 0 Å². The first kappa shape index (κ1) is 22.0. The number of anilines is 1. The van der Waals surface area contributed by atoms with Crippen molar-refractivity contribution in [2.75, 3.05) is 5.32 Å². The molecule has 2 aromatic carbocycles. The van der Waals surface area contributed by atoms with Crippen LogP contribution in [0.5, 0.6) is 0 Å². The Balaban J connectivity index is 2.50. The molecule has 0 fully saturated rings. The molecule has 0 saturated heterocycles. The number of nitro benzene ring substituents is 2. The number of hydrogen-bond donors (Lipinski definition) is 1. The van der Waals surface area contributed by atoms with E-state index in [-0.39, 0.29) is 16.4 Å². The van der Waals surface area contributed by atoms with Crippen LogP contribution in [0.1, 0.15) is 63.0 Å². The van der Waals surface area contributed by atoms with Gasteiger partial charge in [-0.15, -0.1) is 0 Å². The summed E-state index contributed by atoms with van der Waals surface area (Å²) >= 11 is 0. The molecule has 0 bridgehead atoms. The molecule has 2 rings (SSSR count). The number of nitrogens with zero attached hydrogens (tertiary/aromatic N) is 2. The lowest BCUT2D eigenvalue weighted by Gasteiger charge is -2.26. The summed E-state index contributed by atoms with van der Waals surface area (Å²) in [5.41, 5.74) is 1.07. The third kappa shape index (κ3) is 5.37. The van der Waals surface area contributed by atoms with Gasteiger partial charge in [0.05, 0.1) is 21.5 Å². The molecule has 1 amide bonds. The molecule has 0 heterocycles. The van der Waals surface area contributed by atoms with E-state index in [1.54, 1.807) is 0 Å². The molecular weight excluding hydrogens is 374 g/mol. The van der Waals surface area contributed by atoms with Crippen molar-refractivity contribution in [3.05, 3.63) is 73.3 Å². The molecule has 0 atom stereocenters. The SMILES string of the molecule is CC(C)(C)c1cc(NC(=O)c2cc([N+](=O)[O-])cc([N+](=O)[O-])c2)cc(C(C)(C)C)c1. The highest BCUT2D eigenvalue weighted by Gasteiger charge is 2.23. The Hall–Kier alpha value is -3.29. The van der Waals surface area contributed by atoms with E-state index in [0.717, 1.165) is 29.3 Å². The summed E-state index contributed by atoms with van der Waals surface area (Å²) in [7, 11) is 0. The number of amides is 1. The normalized spacial score (nSPS) is 11.8. The van der Waals surface area contributed by atoms with Crippen LogP contribution in [-0.2, 0) is 10.8 Å². The minimum Gasteiger partial charge on any atom is -0.322 e. The predicted octanol–water partition coefficient (Wildman–Crippen LogP) is 5.35. The van der Waals surface area contributed by atoms with Crippen LogP contribution in [0, 0.1) is 20.2 Å². The zero-order valence-corrected chi connectivity index (χ0v) is 17.4. The second kappa shape index (κ2) is 7.62. The molecule has 0 aliphatic rings. The second-order valence-electron chi connectivity index (χ2n) is 9.01. The summed E-state index contributed by atoms with van der Waals surface area (Å²) < 4.78 is 0. The topological polar surface area (TPSA) is 115 Å². The van der Waals surface area contributed by atoms with Crippen molar-refractivity contribution in [3.8, 4) is 0 Å². The molecule has 0 aliphatic heterocycles. The predicted molar refractivity (Wildman–Crippen MR) is 112 cm³/mol. The minimum absolute atomic E-state index is 0.149. The molecule has 0 saturated carbocycles. The average molecular weight is 399 g/mol. The van der Waals surface area contributed by atoms with Crippen molar-refractivity contribution in [1.82, 2.24) is 0 Å². The van der Waals surface area contributed by atoms with E-state index < -0.39 is 27.1 Å². The Labute approximate surface area is 169 Å². The van der Waals surface area contributed by atoms with E-state index in [0.29, 0.717) is 5.69 Å². The van der Waals surface area contributed by atoms with Crippen LogP contribution in [0.2, 0.25) is 0 Å². The van der Waals surface area contributed by atoms with Gasteiger partial charge in [0.1, 0.15) is 0 Å². The highest BCUT2D eigenvalue weighted by molar-refractivity contribution is 6.05. The van der Waals surface area contributed by atoms with Gasteiger partial charge in [0.25, 0.3) is 17.3 Å². The molecule has 29 heavy (non-hydrogen) atoms. The molecule has 0 unspecified atom stereocenters. The largest absolute Gasteiger partial charge is 0.322 e. The van der Waals surface area contributed by atoms with Gasteiger partial charge in [0, 0.05) is 17.8 Å². The van der Waals surface area contributed by atoms with E-state index in [4.69, 9.17) is 0 Å². The van der Waals surface area contributed by atoms with Crippen LogP contribution in [-0.4, -0.2) is 15.8 Å². The highest BCUT2D eigenvalue weighted by atomic mass is 16.6. The summed E-state index contributed by atoms with van der Waals surface area (Å²) in [5, 5.41) is 24.9. The van der Waals surface area contributed by atoms with Crippen molar-refractivity contribution in [2.45, 2.75) is 52.4 Å². The summed E-state index contributed by atoms with van der Waals surface area (Å²) in [6.07, 6.45) is 0. The third-order valence-corrected chi connectivity index (χ3v) is 4.51. The van der Waals surface area contributed by atoms with Crippen LogP contribution in [0.25, 0.3) is 0 Å². The highest BCUT2D eigenvalue weighted by Crippen LogP contribution is 2.32. The van der Waals surface area contributed by atoms with Gasteiger partial charge >= 0.3 is 0 Å². The van der Waals surface area contributed by atoms with E-state index in [9.17, 15) is 25.0 Å². The number of rotatable bonds is 4. The van der Waals surface area contributed by atoms with Gasteiger partial charge in [0.15, 0.2) is 0 Å². The van der Waals surface area contributed by atoms with E-state index in [1.165, 1.54) is 0 Å². The van der Waals surface area contributed by atoms with Gasteiger partial charge in [-0.3, -0.25) is 25.0 Å². The first-order valence-electron chi connectivity index (χ1n) is 9.10. The maximum atomic E-state index is 12.7. The molecule has 0 aliphatic carbocycles. The minimum atomic E-state index is -0.762. The van der Waals surface area contributed by atoms with Crippen LogP contribution in [0.15, 0.2) is 36.4 Å². The first-order valence-corrected chi connectivity index (χ1v) is 9.10. The number of carbonyl (C=O) groups is 1. The van der Waals surface area contributed by atoms with Gasteiger partial charge in [-0.05, 0) is 34.1 Å². The quantitative estimate of drug-likeness (QED) is 0.549. The number of hydrogen-bond acceptors (Lipinski definition) is 5. The fourth-order valence-electron chi connectivity index (χ4n) is 2.71. The van der Waals surface area contributed by atoms with Crippen molar-refractivity contribution >= 4 is 23.0 Å². The average Bonchev–Trinajstić information content (AvgIpc) is 2.59. The molecule has 2 aromatic rings. The first-order chi connectivity index (χ1) is 13.2. The third-order valence-electron chi connectivity index (χ3n) is 4.51. The lowest BCUT2D eigenvalue weighted by Crippen LogP contribution is -2.19. The van der Waals surface area contributed by atoms with Crippen LogP contribution >= 0.6 is 0 Å².